The van der Waals surface area contributed by atoms with Gasteiger partial charge in [0.05, 0.1) is 17.6 Å². The molecule has 9 heteroatoms. The van der Waals surface area contributed by atoms with E-state index in [1.807, 2.05) is 0 Å². The van der Waals surface area contributed by atoms with Crippen LogP contribution in [-0.4, -0.2) is 31.7 Å². The number of hydrogen-bond donors (Lipinski definition) is 1. The molecule has 1 aromatic heterocycles. The normalized spacial score (nSPS) is 11.0. The molecule has 19 heavy (non-hydrogen) atoms. The predicted molar refractivity (Wildman–Crippen MR) is 68.5 cm³/mol. The first-order chi connectivity index (χ1) is 9.03. The summed E-state index contributed by atoms with van der Waals surface area (Å²) in [5.74, 6) is -0.604. The number of nitrogens with one attached hydrogen (secondary N) is 1. The molecule has 0 bridgehead atoms. The van der Waals surface area contributed by atoms with Gasteiger partial charge in [-0.15, -0.1) is 10.2 Å². The molecule has 2 rings (SSSR count). The Morgan fingerprint density at radius 1 is 1.42 bits per heavy atom. The Kier molecular flexibility index (Phi) is 3.76. The van der Waals surface area contributed by atoms with Gasteiger partial charge in [0, 0.05) is 0 Å². The third-order valence-corrected chi connectivity index (χ3v) is 4.22. The molecular weight excluding hydrogens is 290 g/mol. The molecule has 0 saturated carbocycles. The van der Waals surface area contributed by atoms with E-state index < -0.39 is 16.0 Å². The van der Waals surface area contributed by atoms with Crippen molar-refractivity contribution in [2.75, 3.05) is 11.8 Å². The van der Waals surface area contributed by atoms with E-state index in [9.17, 15) is 13.2 Å². The van der Waals surface area contributed by atoms with Crippen LogP contribution in [0.2, 0.25) is 0 Å². The molecule has 1 aromatic carbocycles. The summed E-state index contributed by atoms with van der Waals surface area (Å²) in [5.41, 5.74) is 1.56. The van der Waals surface area contributed by atoms with Gasteiger partial charge in [0.15, 0.2) is 0 Å². The van der Waals surface area contributed by atoms with Crippen molar-refractivity contribution in [3.05, 3.63) is 35.3 Å². The fraction of sp³-hybridized carbons (Fsp3) is 0.100. The maximum Gasteiger partial charge on any atom is 0.337 e. The van der Waals surface area contributed by atoms with Gasteiger partial charge < -0.3 is 4.74 Å². The maximum absolute atomic E-state index is 12.0. The summed E-state index contributed by atoms with van der Waals surface area (Å²) in [6.07, 6.45) is 0. The van der Waals surface area contributed by atoms with Crippen molar-refractivity contribution in [2.24, 2.45) is 0 Å². The number of esters is 1. The third-order valence-electron chi connectivity index (χ3n) is 2.15. The molecule has 0 amide bonds. The molecule has 100 valence electrons. The van der Waals surface area contributed by atoms with Crippen LogP contribution in [0.1, 0.15) is 10.4 Å². The Hall–Kier alpha value is -2.00. The molecule has 0 unspecified atom stereocenters. The molecule has 1 heterocycles. The van der Waals surface area contributed by atoms with Crippen LogP contribution in [0.25, 0.3) is 0 Å². The summed E-state index contributed by atoms with van der Waals surface area (Å²) >= 11 is 1.06. The number of rotatable bonds is 4. The summed E-state index contributed by atoms with van der Waals surface area (Å²) in [7, 11) is -2.57. The lowest BCUT2D eigenvalue weighted by Crippen LogP contribution is -2.13. The van der Waals surface area contributed by atoms with Crippen LogP contribution in [0.15, 0.2) is 34.7 Å². The van der Waals surface area contributed by atoms with Crippen LogP contribution in [0.4, 0.5) is 5.13 Å². The van der Waals surface area contributed by atoms with Gasteiger partial charge in [0.2, 0.25) is 5.13 Å². The van der Waals surface area contributed by atoms with E-state index in [1.54, 1.807) is 0 Å². The van der Waals surface area contributed by atoms with Crippen molar-refractivity contribution in [3.63, 3.8) is 0 Å². The molecule has 0 spiro atoms. The largest absolute Gasteiger partial charge is 0.465 e. The Labute approximate surface area is 113 Å². The van der Waals surface area contributed by atoms with Gasteiger partial charge in [0.1, 0.15) is 5.51 Å². The average molecular weight is 299 g/mol. The Bertz CT molecular complexity index is 683. The fourth-order valence-electron chi connectivity index (χ4n) is 1.30. The van der Waals surface area contributed by atoms with E-state index in [0.717, 1.165) is 11.3 Å². The Balaban J connectivity index is 2.33. The van der Waals surface area contributed by atoms with Crippen LogP contribution in [0.3, 0.4) is 0 Å². The van der Waals surface area contributed by atoms with E-state index >= 15 is 0 Å². The van der Waals surface area contributed by atoms with Crippen molar-refractivity contribution in [3.8, 4) is 0 Å². The van der Waals surface area contributed by atoms with Crippen LogP contribution in [0, 0.1) is 0 Å². The van der Waals surface area contributed by atoms with Gasteiger partial charge in [-0.3, -0.25) is 4.72 Å². The predicted octanol–water partition coefficient (Wildman–Crippen LogP) is 1.13. The minimum atomic E-state index is -3.80. The molecule has 7 nitrogen and oxygen atoms in total. The standard InChI is InChI=1S/C10H9N3O4S2/c1-17-9(14)7-3-2-4-8(5-7)19(15,16)13-10-12-11-6-18-10/h2-6H,1H3,(H,12,13). The quantitative estimate of drug-likeness (QED) is 0.850. The molecule has 2 aromatic rings. The molecule has 0 fully saturated rings. The number of sulfonamides is 1. The minimum Gasteiger partial charge on any atom is -0.465 e. The monoisotopic (exact) mass is 299 g/mol. The number of carbonyl (C=O) groups is 1. The van der Waals surface area contributed by atoms with E-state index in [1.165, 1.54) is 36.9 Å². The van der Waals surface area contributed by atoms with Crippen LogP contribution >= 0.6 is 11.3 Å². The second-order valence-electron chi connectivity index (χ2n) is 3.37. The molecule has 0 aliphatic carbocycles. The number of ether oxygens (including phenoxy) is 1. The zero-order valence-electron chi connectivity index (χ0n) is 9.73. The zero-order valence-corrected chi connectivity index (χ0v) is 11.4. The first kappa shape index (κ1) is 13.4. The van der Waals surface area contributed by atoms with Crippen molar-refractivity contribution >= 4 is 32.5 Å². The number of anilines is 1. The number of hydrogen-bond acceptors (Lipinski definition) is 7. The molecule has 0 aliphatic heterocycles. The van der Waals surface area contributed by atoms with Crippen molar-refractivity contribution in [1.82, 2.24) is 10.2 Å². The molecule has 0 saturated heterocycles. The Morgan fingerprint density at radius 2 is 2.21 bits per heavy atom. The average Bonchev–Trinajstić information content (AvgIpc) is 2.90. The molecular formula is C10H9N3O4S2. The lowest BCUT2D eigenvalue weighted by Gasteiger charge is -2.06. The van der Waals surface area contributed by atoms with E-state index in [2.05, 4.69) is 19.7 Å². The van der Waals surface area contributed by atoms with Crippen LogP contribution < -0.4 is 4.72 Å². The lowest BCUT2D eigenvalue weighted by molar-refractivity contribution is 0.0600. The van der Waals surface area contributed by atoms with Crippen LogP contribution in [-0.2, 0) is 14.8 Å². The minimum absolute atomic E-state index is 0.0504. The third kappa shape index (κ3) is 3.06. The topological polar surface area (TPSA) is 98.2 Å². The molecule has 0 atom stereocenters. The van der Waals surface area contributed by atoms with E-state index in [4.69, 9.17) is 0 Å². The second kappa shape index (κ2) is 5.33. The summed E-state index contributed by atoms with van der Waals surface area (Å²) in [5, 5.41) is 7.27. The van der Waals surface area contributed by atoms with Gasteiger partial charge in [-0.25, -0.2) is 13.2 Å². The van der Waals surface area contributed by atoms with Gasteiger partial charge in [-0.05, 0) is 18.2 Å². The van der Waals surface area contributed by atoms with Crippen LogP contribution in [0.5, 0.6) is 0 Å². The second-order valence-corrected chi connectivity index (χ2v) is 5.88. The smallest absolute Gasteiger partial charge is 0.337 e. The van der Waals surface area contributed by atoms with Crippen molar-refractivity contribution in [2.45, 2.75) is 4.90 Å². The van der Waals surface area contributed by atoms with Gasteiger partial charge in [-0.2, -0.15) is 0 Å². The number of aromatic nitrogens is 2. The SMILES string of the molecule is COC(=O)c1cccc(S(=O)(=O)Nc2nncs2)c1. The number of carbonyl (C=O) groups excluding carboxylic acids is 1. The highest BCUT2D eigenvalue weighted by atomic mass is 32.2. The van der Waals surface area contributed by atoms with Gasteiger partial charge in [-0.1, -0.05) is 17.4 Å². The highest BCUT2D eigenvalue weighted by Crippen LogP contribution is 2.18. The first-order valence-electron chi connectivity index (χ1n) is 5.00. The molecule has 0 radical (unpaired) electrons. The first-order valence-corrected chi connectivity index (χ1v) is 7.36. The summed E-state index contributed by atoms with van der Waals surface area (Å²) in [6.45, 7) is 0. The number of benzene rings is 1. The highest BCUT2D eigenvalue weighted by molar-refractivity contribution is 7.93. The summed E-state index contributed by atoms with van der Waals surface area (Å²) < 4.78 is 30.9. The maximum atomic E-state index is 12.0. The summed E-state index contributed by atoms with van der Waals surface area (Å²) in [4.78, 5) is 11.3. The zero-order chi connectivity index (χ0) is 13.9. The van der Waals surface area contributed by atoms with E-state index in [0.29, 0.717) is 0 Å². The van der Waals surface area contributed by atoms with Crippen molar-refractivity contribution < 1.29 is 17.9 Å². The van der Waals surface area contributed by atoms with Gasteiger partial charge in [0.25, 0.3) is 10.0 Å². The molecule has 1 N–H and O–H groups in total. The summed E-state index contributed by atoms with van der Waals surface area (Å²) in [6, 6.07) is 5.53. The van der Waals surface area contributed by atoms with Gasteiger partial charge >= 0.3 is 5.97 Å². The fourth-order valence-corrected chi connectivity index (χ4v) is 3.04. The molecule has 0 aliphatic rings. The van der Waals surface area contributed by atoms with E-state index in [-0.39, 0.29) is 15.6 Å². The lowest BCUT2D eigenvalue weighted by atomic mass is 10.2. The number of nitrogens with zero attached hydrogens (tertiary/aromatic N) is 2. The number of methoxy groups -OCH3 is 1. The van der Waals surface area contributed by atoms with Crippen molar-refractivity contribution in [1.29, 1.82) is 0 Å². The highest BCUT2D eigenvalue weighted by Gasteiger charge is 2.17. The Morgan fingerprint density at radius 3 is 2.84 bits per heavy atom.